The molecule has 78 valence electrons. The van der Waals surface area contributed by atoms with Gasteiger partial charge in [0.15, 0.2) is 0 Å². The van der Waals surface area contributed by atoms with Crippen LogP contribution < -0.4 is 0 Å². The molecule has 0 amide bonds. The zero-order valence-electron chi connectivity index (χ0n) is 9.76. The topological polar surface area (TPSA) is 23.5 Å². The molecule has 2 nitrogen and oxygen atoms in total. The van der Waals surface area contributed by atoms with Crippen molar-refractivity contribution < 1.29 is 5.11 Å². The van der Waals surface area contributed by atoms with E-state index in [1.807, 2.05) is 7.05 Å². The molecule has 1 aliphatic rings. The van der Waals surface area contributed by atoms with E-state index in [0.717, 1.165) is 6.42 Å². The first-order valence-electron chi connectivity index (χ1n) is 5.12. The minimum absolute atomic E-state index is 0.0596. The second kappa shape index (κ2) is 2.96. The van der Waals surface area contributed by atoms with E-state index in [4.69, 9.17) is 0 Å². The van der Waals surface area contributed by atoms with Gasteiger partial charge in [0.05, 0.1) is 0 Å². The Bertz CT molecular complexity index is 198. The Balaban J connectivity index is 3.00. The summed E-state index contributed by atoms with van der Waals surface area (Å²) in [6.07, 6.45) is 0.602. The first-order valence-corrected chi connectivity index (χ1v) is 5.12. The van der Waals surface area contributed by atoms with Crippen LogP contribution in [0.3, 0.4) is 0 Å². The third-order valence-electron chi connectivity index (χ3n) is 4.70. The molecule has 2 unspecified atom stereocenters. The SMILES string of the molecule is CC1CC(O)N(C)C(C)(C)C1(C)C. The van der Waals surface area contributed by atoms with E-state index in [9.17, 15) is 5.11 Å². The van der Waals surface area contributed by atoms with Gasteiger partial charge in [-0.15, -0.1) is 0 Å². The number of rotatable bonds is 0. The van der Waals surface area contributed by atoms with Crippen molar-refractivity contribution in [2.24, 2.45) is 11.3 Å². The van der Waals surface area contributed by atoms with E-state index in [-0.39, 0.29) is 17.2 Å². The highest BCUT2D eigenvalue weighted by atomic mass is 16.3. The second-order valence-electron chi connectivity index (χ2n) is 5.51. The summed E-state index contributed by atoms with van der Waals surface area (Å²) in [5.74, 6) is 0.564. The number of piperidine rings is 1. The fourth-order valence-corrected chi connectivity index (χ4v) is 2.20. The lowest BCUT2D eigenvalue weighted by molar-refractivity contribution is -0.154. The standard InChI is InChI=1S/C11H23NO/c1-8-7-9(13)12(6)11(4,5)10(8,2)3/h8-9,13H,7H2,1-6H3. The summed E-state index contributed by atoms with van der Waals surface area (Å²) in [6, 6.07) is 0. The number of hydrogen-bond acceptors (Lipinski definition) is 2. The second-order valence-corrected chi connectivity index (χ2v) is 5.51. The van der Waals surface area contributed by atoms with Gasteiger partial charge in [-0.25, -0.2) is 0 Å². The molecule has 1 rings (SSSR count). The number of hydrogen-bond donors (Lipinski definition) is 1. The summed E-state index contributed by atoms with van der Waals surface area (Å²) >= 11 is 0. The lowest BCUT2D eigenvalue weighted by Gasteiger charge is -2.57. The molecule has 0 aromatic rings. The summed E-state index contributed by atoms with van der Waals surface area (Å²) < 4.78 is 0. The number of aliphatic hydroxyl groups is 1. The Morgan fingerprint density at radius 1 is 1.23 bits per heavy atom. The highest BCUT2D eigenvalue weighted by Gasteiger charge is 2.49. The van der Waals surface area contributed by atoms with E-state index in [2.05, 4.69) is 39.5 Å². The molecule has 2 atom stereocenters. The predicted octanol–water partition coefficient (Wildman–Crippen LogP) is 2.08. The fraction of sp³-hybridized carbons (Fsp3) is 1.00. The quantitative estimate of drug-likeness (QED) is 0.624. The molecular formula is C11H23NO. The normalized spacial score (nSPS) is 39.0. The van der Waals surface area contributed by atoms with Crippen LogP contribution in [0.25, 0.3) is 0 Å². The predicted molar refractivity (Wildman–Crippen MR) is 55.4 cm³/mol. The van der Waals surface area contributed by atoms with Gasteiger partial charge in [-0.2, -0.15) is 0 Å². The lowest BCUT2D eigenvalue weighted by atomic mass is 9.62. The van der Waals surface area contributed by atoms with Crippen LogP contribution in [-0.4, -0.2) is 28.8 Å². The first-order chi connectivity index (χ1) is 5.71. The molecule has 13 heavy (non-hydrogen) atoms. The van der Waals surface area contributed by atoms with Crippen molar-refractivity contribution in [2.75, 3.05) is 7.05 Å². The van der Waals surface area contributed by atoms with Gasteiger partial charge < -0.3 is 5.11 Å². The van der Waals surface area contributed by atoms with Crippen molar-refractivity contribution in [1.29, 1.82) is 0 Å². The first kappa shape index (κ1) is 11.0. The highest BCUT2D eigenvalue weighted by Crippen LogP contribution is 2.47. The third kappa shape index (κ3) is 1.40. The Morgan fingerprint density at radius 3 is 2.15 bits per heavy atom. The average molecular weight is 185 g/mol. The monoisotopic (exact) mass is 185 g/mol. The Labute approximate surface area is 81.9 Å². The van der Waals surface area contributed by atoms with Crippen LogP contribution in [0.2, 0.25) is 0 Å². The van der Waals surface area contributed by atoms with Crippen molar-refractivity contribution in [3.63, 3.8) is 0 Å². The van der Waals surface area contributed by atoms with Crippen LogP contribution >= 0.6 is 0 Å². The average Bonchev–Trinajstić information content (AvgIpc) is 2.00. The molecule has 0 aromatic heterocycles. The molecule has 0 bridgehead atoms. The maximum Gasteiger partial charge on any atom is 0.107 e. The van der Waals surface area contributed by atoms with Gasteiger partial charge in [0, 0.05) is 5.54 Å². The molecule has 1 fully saturated rings. The smallest absolute Gasteiger partial charge is 0.107 e. The molecule has 0 aromatic carbocycles. The van der Waals surface area contributed by atoms with Gasteiger partial charge in [0.25, 0.3) is 0 Å². The summed E-state index contributed by atoms with van der Waals surface area (Å²) in [4.78, 5) is 2.09. The molecule has 0 spiro atoms. The van der Waals surface area contributed by atoms with Crippen LogP contribution in [0.5, 0.6) is 0 Å². The number of aliphatic hydroxyl groups excluding tert-OH is 1. The number of likely N-dealkylation sites (tertiary alicyclic amines) is 1. The Morgan fingerprint density at radius 2 is 1.69 bits per heavy atom. The minimum atomic E-state index is -0.280. The van der Waals surface area contributed by atoms with Gasteiger partial charge in [0.1, 0.15) is 6.23 Å². The van der Waals surface area contributed by atoms with E-state index in [0.29, 0.717) is 5.92 Å². The van der Waals surface area contributed by atoms with Crippen LogP contribution in [0, 0.1) is 11.3 Å². The van der Waals surface area contributed by atoms with Gasteiger partial charge >= 0.3 is 0 Å². The maximum atomic E-state index is 9.84. The molecular weight excluding hydrogens is 162 g/mol. The Hall–Kier alpha value is -0.0800. The van der Waals surface area contributed by atoms with Crippen molar-refractivity contribution >= 4 is 0 Å². The molecule has 1 aliphatic heterocycles. The van der Waals surface area contributed by atoms with Crippen LogP contribution in [0.4, 0.5) is 0 Å². The largest absolute Gasteiger partial charge is 0.378 e. The minimum Gasteiger partial charge on any atom is -0.378 e. The summed E-state index contributed by atoms with van der Waals surface area (Å²) in [7, 11) is 2.01. The molecule has 0 aliphatic carbocycles. The third-order valence-corrected chi connectivity index (χ3v) is 4.70. The van der Waals surface area contributed by atoms with Crippen molar-refractivity contribution in [3.05, 3.63) is 0 Å². The number of nitrogens with zero attached hydrogens (tertiary/aromatic N) is 1. The fourth-order valence-electron chi connectivity index (χ4n) is 2.20. The molecule has 0 saturated carbocycles. The Kier molecular flexibility index (Phi) is 2.50. The summed E-state index contributed by atoms with van der Waals surface area (Å²) in [6.45, 7) is 11.2. The summed E-state index contributed by atoms with van der Waals surface area (Å²) in [5.41, 5.74) is 0.311. The molecule has 1 saturated heterocycles. The maximum absolute atomic E-state index is 9.84. The van der Waals surface area contributed by atoms with E-state index >= 15 is 0 Å². The van der Waals surface area contributed by atoms with E-state index in [1.54, 1.807) is 0 Å². The van der Waals surface area contributed by atoms with Gasteiger partial charge in [-0.3, -0.25) is 4.90 Å². The van der Waals surface area contributed by atoms with Crippen LogP contribution in [0.15, 0.2) is 0 Å². The molecule has 1 heterocycles. The van der Waals surface area contributed by atoms with Crippen molar-refractivity contribution in [1.82, 2.24) is 4.90 Å². The zero-order valence-corrected chi connectivity index (χ0v) is 9.76. The molecule has 0 radical (unpaired) electrons. The van der Waals surface area contributed by atoms with Crippen LogP contribution in [0.1, 0.15) is 41.0 Å². The van der Waals surface area contributed by atoms with Crippen LogP contribution in [-0.2, 0) is 0 Å². The van der Waals surface area contributed by atoms with Gasteiger partial charge in [-0.1, -0.05) is 20.8 Å². The molecule has 2 heteroatoms. The molecule has 1 N–H and O–H groups in total. The van der Waals surface area contributed by atoms with Crippen molar-refractivity contribution in [2.45, 2.75) is 52.8 Å². The van der Waals surface area contributed by atoms with E-state index < -0.39 is 0 Å². The zero-order chi connectivity index (χ0) is 10.4. The van der Waals surface area contributed by atoms with Crippen molar-refractivity contribution in [3.8, 4) is 0 Å². The van der Waals surface area contributed by atoms with E-state index in [1.165, 1.54) is 0 Å². The summed E-state index contributed by atoms with van der Waals surface area (Å²) in [5, 5.41) is 9.84. The van der Waals surface area contributed by atoms with Gasteiger partial charge in [-0.05, 0) is 38.6 Å². The highest BCUT2D eigenvalue weighted by molar-refractivity contribution is 5.01. The lowest BCUT2D eigenvalue weighted by Crippen LogP contribution is -2.62. The van der Waals surface area contributed by atoms with Gasteiger partial charge in [0.2, 0.25) is 0 Å².